The number of para-hydroxylation sites is 1. The van der Waals surface area contributed by atoms with Gasteiger partial charge in [-0.15, -0.1) is 0 Å². The SMILES string of the molecule is CC(C)c1cccc(C(C)C)c1-c1ccc2c(c1)-c1ccccc1N1CN(C(C)C)C(c3nccn3C)=C21. The van der Waals surface area contributed by atoms with E-state index in [9.17, 15) is 0 Å². The maximum Gasteiger partial charge on any atom is 0.158 e. The van der Waals surface area contributed by atoms with Crippen LogP contribution in [0.15, 0.2) is 73.1 Å². The number of hydrogen-bond donors (Lipinski definition) is 0. The number of anilines is 1. The van der Waals surface area contributed by atoms with Gasteiger partial charge in [0.25, 0.3) is 0 Å². The van der Waals surface area contributed by atoms with Crippen LogP contribution < -0.4 is 4.90 Å². The van der Waals surface area contributed by atoms with Crippen LogP contribution in [0.3, 0.4) is 0 Å². The van der Waals surface area contributed by atoms with Crippen LogP contribution in [0.25, 0.3) is 33.6 Å². The molecule has 0 unspecified atom stereocenters. The number of imidazole rings is 1. The summed E-state index contributed by atoms with van der Waals surface area (Å²) in [4.78, 5) is 9.79. The lowest BCUT2D eigenvalue weighted by atomic mass is 9.82. The zero-order chi connectivity index (χ0) is 26.7. The number of nitrogens with zero attached hydrogens (tertiary/aromatic N) is 4. The Kier molecular flexibility index (Phi) is 5.94. The van der Waals surface area contributed by atoms with E-state index in [1.807, 2.05) is 12.4 Å². The average molecular weight is 503 g/mol. The van der Waals surface area contributed by atoms with Crippen molar-refractivity contribution >= 4 is 17.1 Å². The van der Waals surface area contributed by atoms with E-state index in [1.54, 1.807) is 0 Å². The maximum atomic E-state index is 4.81. The fourth-order valence-corrected chi connectivity index (χ4v) is 6.23. The van der Waals surface area contributed by atoms with E-state index in [-0.39, 0.29) is 0 Å². The summed E-state index contributed by atoms with van der Waals surface area (Å²) in [6.07, 6.45) is 3.95. The van der Waals surface area contributed by atoms with Crippen molar-refractivity contribution in [2.24, 2.45) is 7.05 Å². The van der Waals surface area contributed by atoms with Gasteiger partial charge in [0.05, 0.1) is 18.1 Å². The molecular weight excluding hydrogens is 464 g/mol. The molecule has 2 aliphatic rings. The Morgan fingerprint density at radius 2 is 1.45 bits per heavy atom. The zero-order valence-electron chi connectivity index (χ0n) is 23.7. The Morgan fingerprint density at radius 3 is 2.08 bits per heavy atom. The largest absolute Gasteiger partial charge is 0.346 e. The molecular formula is C34H38N4. The lowest BCUT2D eigenvalue weighted by Crippen LogP contribution is -2.33. The number of aromatic nitrogens is 2. The summed E-state index contributed by atoms with van der Waals surface area (Å²) in [7, 11) is 2.09. The number of rotatable bonds is 5. The summed E-state index contributed by atoms with van der Waals surface area (Å²) in [6, 6.07) is 23.2. The van der Waals surface area contributed by atoms with Crippen LogP contribution in [0.5, 0.6) is 0 Å². The van der Waals surface area contributed by atoms with Gasteiger partial charge in [-0.1, -0.05) is 76.2 Å². The molecule has 3 aromatic carbocycles. The molecule has 0 fully saturated rings. The molecule has 0 aliphatic carbocycles. The predicted octanol–water partition coefficient (Wildman–Crippen LogP) is 8.33. The van der Waals surface area contributed by atoms with Crippen molar-refractivity contribution in [1.29, 1.82) is 0 Å². The highest BCUT2D eigenvalue weighted by Gasteiger charge is 2.39. The van der Waals surface area contributed by atoms with Gasteiger partial charge in [-0.05, 0) is 65.6 Å². The quantitative estimate of drug-likeness (QED) is 0.274. The minimum Gasteiger partial charge on any atom is -0.346 e. The molecule has 38 heavy (non-hydrogen) atoms. The van der Waals surface area contributed by atoms with Crippen LogP contribution in [-0.4, -0.2) is 27.2 Å². The molecule has 2 aliphatic heterocycles. The van der Waals surface area contributed by atoms with Gasteiger partial charge in [0.1, 0.15) is 5.70 Å². The highest BCUT2D eigenvalue weighted by atomic mass is 15.4. The van der Waals surface area contributed by atoms with Gasteiger partial charge in [0.2, 0.25) is 0 Å². The Labute approximate surface area is 227 Å². The highest BCUT2D eigenvalue weighted by Crippen LogP contribution is 2.52. The maximum absolute atomic E-state index is 4.81. The third-order valence-corrected chi connectivity index (χ3v) is 8.15. The Bertz CT molecular complexity index is 1530. The first-order valence-corrected chi connectivity index (χ1v) is 13.9. The summed E-state index contributed by atoms with van der Waals surface area (Å²) in [5, 5.41) is 0. The normalized spacial score (nSPS) is 14.6. The second-order valence-corrected chi connectivity index (χ2v) is 11.6. The van der Waals surface area contributed by atoms with Crippen molar-refractivity contribution in [3.63, 3.8) is 0 Å². The van der Waals surface area contributed by atoms with Gasteiger partial charge in [0.15, 0.2) is 5.82 Å². The van der Waals surface area contributed by atoms with Crippen molar-refractivity contribution < 1.29 is 0 Å². The van der Waals surface area contributed by atoms with Crippen molar-refractivity contribution in [3.8, 4) is 22.3 Å². The standard InChI is InChI=1S/C34H38N4/c1-21(2)25-12-10-13-26(22(3)4)31(25)24-15-16-28-29(19-24)27-11-8-9-14-30(27)38-20-37(23(5)6)33(32(28)38)34-35-17-18-36(34)7/h8-19,21-23H,20H2,1-7H3. The average Bonchev–Trinajstić information content (AvgIpc) is 3.51. The summed E-state index contributed by atoms with van der Waals surface area (Å²) in [5.41, 5.74) is 13.1. The molecule has 4 aromatic rings. The van der Waals surface area contributed by atoms with Crippen LogP contribution in [0.4, 0.5) is 5.69 Å². The second-order valence-electron chi connectivity index (χ2n) is 11.6. The molecule has 3 heterocycles. The van der Waals surface area contributed by atoms with Crippen molar-refractivity contribution in [3.05, 3.63) is 95.6 Å². The van der Waals surface area contributed by atoms with Crippen LogP contribution in [0.2, 0.25) is 0 Å². The van der Waals surface area contributed by atoms with Crippen LogP contribution in [-0.2, 0) is 7.05 Å². The van der Waals surface area contributed by atoms with E-state index in [2.05, 4.69) is 124 Å². The van der Waals surface area contributed by atoms with Gasteiger partial charge in [0, 0.05) is 36.6 Å². The first-order valence-electron chi connectivity index (χ1n) is 13.9. The van der Waals surface area contributed by atoms with E-state index in [1.165, 1.54) is 56.0 Å². The monoisotopic (exact) mass is 502 g/mol. The lowest BCUT2D eigenvalue weighted by Gasteiger charge is -2.32. The molecule has 0 saturated heterocycles. The Balaban J connectivity index is 1.66. The molecule has 194 valence electrons. The topological polar surface area (TPSA) is 24.3 Å². The van der Waals surface area contributed by atoms with Gasteiger partial charge < -0.3 is 14.4 Å². The summed E-state index contributed by atoms with van der Waals surface area (Å²) < 4.78 is 2.14. The Hall–Kier alpha value is -3.79. The number of hydrogen-bond acceptors (Lipinski definition) is 3. The molecule has 0 saturated carbocycles. The van der Waals surface area contributed by atoms with Gasteiger partial charge in [-0.3, -0.25) is 0 Å². The van der Waals surface area contributed by atoms with Crippen LogP contribution in [0.1, 0.15) is 75.9 Å². The molecule has 0 radical (unpaired) electrons. The van der Waals surface area contributed by atoms with Crippen molar-refractivity contribution in [2.45, 2.75) is 59.4 Å². The first kappa shape index (κ1) is 24.5. The van der Waals surface area contributed by atoms with E-state index >= 15 is 0 Å². The molecule has 1 aromatic heterocycles. The fourth-order valence-electron chi connectivity index (χ4n) is 6.23. The van der Waals surface area contributed by atoms with Crippen molar-refractivity contribution in [1.82, 2.24) is 14.5 Å². The minimum absolute atomic E-state index is 0.348. The van der Waals surface area contributed by atoms with Crippen LogP contribution >= 0.6 is 0 Å². The second kappa shape index (κ2) is 9.20. The summed E-state index contributed by atoms with van der Waals surface area (Å²) in [6.45, 7) is 14.6. The minimum atomic E-state index is 0.348. The summed E-state index contributed by atoms with van der Waals surface area (Å²) >= 11 is 0. The molecule has 0 atom stereocenters. The summed E-state index contributed by atoms with van der Waals surface area (Å²) in [5.74, 6) is 1.92. The Morgan fingerprint density at radius 1 is 0.737 bits per heavy atom. The molecule has 6 rings (SSSR count). The zero-order valence-corrected chi connectivity index (χ0v) is 23.7. The van der Waals surface area contributed by atoms with E-state index in [4.69, 9.17) is 4.98 Å². The van der Waals surface area contributed by atoms with E-state index in [0.717, 1.165) is 12.5 Å². The molecule has 4 nitrogen and oxygen atoms in total. The third-order valence-electron chi connectivity index (χ3n) is 8.15. The first-order chi connectivity index (χ1) is 18.3. The van der Waals surface area contributed by atoms with E-state index in [0.29, 0.717) is 17.9 Å². The smallest absolute Gasteiger partial charge is 0.158 e. The molecule has 0 spiro atoms. The molecule has 0 N–H and O–H groups in total. The van der Waals surface area contributed by atoms with Gasteiger partial charge >= 0.3 is 0 Å². The molecule has 0 bridgehead atoms. The van der Waals surface area contributed by atoms with Gasteiger partial charge in [-0.2, -0.15) is 0 Å². The van der Waals surface area contributed by atoms with Crippen molar-refractivity contribution in [2.75, 3.05) is 11.6 Å². The number of aryl methyl sites for hydroxylation is 1. The highest BCUT2D eigenvalue weighted by molar-refractivity contribution is 6.08. The number of benzene rings is 3. The van der Waals surface area contributed by atoms with Gasteiger partial charge in [-0.25, -0.2) is 4.98 Å². The lowest BCUT2D eigenvalue weighted by molar-refractivity contribution is 0.350. The van der Waals surface area contributed by atoms with Crippen LogP contribution in [0, 0.1) is 0 Å². The third kappa shape index (κ3) is 3.69. The molecule has 4 heteroatoms. The van der Waals surface area contributed by atoms with E-state index < -0.39 is 0 Å². The predicted molar refractivity (Wildman–Crippen MR) is 160 cm³/mol. The molecule has 0 amide bonds. The number of fused-ring (bicyclic) bond motifs is 6. The fraction of sp³-hybridized carbons (Fsp3) is 0.324.